The third kappa shape index (κ3) is 3.07. The number of benzene rings is 1. The van der Waals surface area contributed by atoms with Crippen LogP contribution >= 0.6 is 15.9 Å². The highest BCUT2D eigenvalue weighted by atomic mass is 79.9. The van der Waals surface area contributed by atoms with Crippen LogP contribution in [0.25, 0.3) is 0 Å². The summed E-state index contributed by atoms with van der Waals surface area (Å²) in [7, 11) is 0. The predicted octanol–water partition coefficient (Wildman–Crippen LogP) is 2.97. The van der Waals surface area contributed by atoms with E-state index in [1.54, 1.807) is 0 Å². The molecule has 0 heterocycles. The van der Waals surface area contributed by atoms with Gasteiger partial charge in [0.05, 0.1) is 12.5 Å². The summed E-state index contributed by atoms with van der Waals surface area (Å²) in [5.74, 6) is 0.0373. The third-order valence-electron chi connectivity index (χ3n) is 2.80. The monoisotopic (exact) mass is 292 g/mol. The first-order valence-electron chi connectivity index (χ1n) is 5.66. The van der Waals surface area contributed by atoms with E-state index in [9.17, 15) is 4.79 Å². The molecule has 0 radical (unpaired) electrons. The Morgan fingerprint density at radius 3 is 2.59 bits per heavy atom. The van der Waals surface area contributed by atoms with Gasteiger partial charge < -0.3 is 4.90 Å². The van der Waals surface area contributed by atoms with Crippen LogP contribution in [0, 0.1) is 11.3 Å². The number of carbonyl (C=O) groups excluding carboxylic acids is 1. The largest absolute Gasteiger partial charge is 0.335 e. The Hall–Kier alpha value is -1.34. The minimum absolute atomic E-state index is 0.0373. The molecule has 1 aromatic rings. The van der Waals surface area contributed by atoms with Crippen LogP contribution in [0.1, 0.15) is 29.6 Å². The fraction of sp³-hybridized carbons (Fsp3) is 0.385. The zero-order chi connectivity index (χ0) is 12.3. The summed E-state index contributed by atoms with van der Waals surface area (Å²) in [5, 5.41) is 8.61. The number of halogens is 1. The molecule has 3 nitrogen and oxygen atoms in total. The lowest BCUT2D eigenvalue weighted by atomic mass is 10.2. The topological polar surface area (TPSA) is 44.1 Å². The van der Waals surface area contributed by atoms with Crippen LogP contribution in [0.15, 0.2) is 28.7 Å². The summed E-state index contributed by atoms with van der Waals surface area (Å²) in [6.45, 7) is 0.538. The lowest BCUT2D eigenvalue weighted by Crippen LogP contribution is -2.33. The van der Waals surface area contributed by atoms with Gasteiger partial charge in [-0.1, -0.05) is 15.9 Å². The molecule has 0 unspecified atom stereocenters. The fourth-order valence-electron chi connectivity index (χ4n) is 1.76. The first-order valence-corrected chi connectivity index (χ1v) is 6.45. The molecule has 0 N–H and O–H groups in total. The van der Waals surface area contributed by atoms with Gasteiger partial charge in [0.1, 0.15) is 0 Å². The molecule has 4 heteroatoms. The van der Waals surface area contributed by atoms with E-state index in [1.807, 2.05) is 29.2 Å². The molecule has 88 valence electrons. The van der Waals surface area contributed by atoms with Crippen molar-refractivity contribution in [3.63, 3.8) is 0 Å². The number of nitrogens with zero attached hydrogens (tertiary/aromatic N) is 2. The summed E-state index contributed by atoms with van der Waals surface area (Å²) in [5.41, 5.74) is 0.693. The maximum absolute atomic E-state index is 12.2. The Labute approximate surface area is 109 Å². The van der Waals surface area contributed by atoms with E-state index in [0.717, 1.165) is 17.3 Å². The molecule has 0 aliphatic heterocycles. The second-order valence-electron chi connectivity index (χ2n) is 4.14. The lowest BCUT2D eigenvalue weighted by Gasteiger charge is -2.21. The zero-order valence-electron chi connectivity index (χ0n) is 9.40. The molecule has 1 saturated carbocycles. The van der Waals surface area contributed by atoms with Gasteiger partial charge in [-0.3, -0.25) is 4.79 Å². The lowest BCUT2D eigenvalue weighted by molar-refractivity contribution is 0.0747. The number of rotatable bonds is 4. The average Bonchev–Trinajstić information content (AvgIpc) is 3.14. The molecule has 1 amide bonds. The number of carbonyl (C=O) groups is 1. The van der Waals surface area contributed by atoms with Crippen molar-refractivity contribution in [2.75, 3.05) is 6.54 Å². The summed E-state index contributed by atoms with van der Waals surface area (Å²) in [6, 6.07) is 9.80. The van der Waals surface area contributed by atoms with E-state index < -0.39 is 0 Å². The summed E-state index contributed by atoms with van der Waals surface area (Å²) < 4.78 is 0.962. The molecule has 0 bridgehead atoms. The van der Waals surface area contributed by atoms with Crippen LogP contribution in [0.4, 0.5) is 0 Å². The van der Waals surface area contributed by atoms with Gasteiger partial charge >= 0.3 is 0 Å². The molecule has 17 heavy (non-hydrogen) atoms. The first kappa shape index (κ1) is 12.1. The van der Waals surface area contributed by atoms with E-state index >= 15 is 0 Å². The van der Waals surface area contributed by atoms with Crippen LogP contribution in [0.2, 0.25) is 0 Å². The minimum Gasteiger partial charge on any atom is -0.335 e. The van der Waals surface area contributed by atoms with Crippen molar-refractivity contribution in [3.8, 4) is 6.07 Å². The molecular weight excluding hydrogens is 280 g/mol. The Kier molecular flexibility index (Phi) is 3.80. The quantitative estimate of drug-likeness (QED) is 0.856. The smallest absolute Gasteiger partial charge is 0.254 e. The highest BCUT2D eigenvalue weighted by molar-refractivity contribution is 9.10. The second kappa shape index (κ2) is 5.33. The average molecular weight is 293 g/mol. The van der Waals surface area contributed by atoms with Crippen molar-refractivity contribution in [2.24, 2.45) is 0 Å². The van der Waals surface area contributed by atoms with Crippen LogP contribution in [-0.4, -0.2) is 23.4 Å². The second-order valence-corrected chi connectivity index (χ2v) is 5.06. The maximum atomic E-state index is 12.2. The van der Waals surface area contributed by atoms with Crippen molar-refractivity contribution < 1.29 is 4.79 Å². The van der Waals surface area contributed by atoms with E-state index in [1.165, 1.54) is 0 Å². The highest BCUT2D eigenvalue weighted by Crippen LogP contribution is 2.28. The molecule has 0 atom stereocenters. The van der Waals surface area contributed by atoms with Crippen LogP contribution in [0.5, 0.6) is 0 Å². The normalized spacial score (nSPS) is 14.1. The molecular formula is C13H13BrN2O. The number of hydrogen-bond donors (Lipinski definition) is 0. The van der Waals surface area contributed by atoms with Gasteiger partial charge in [-0.25, -0.2) is 0 Å². The molecule has 0 spiro atoms. The van der Waals surface area contributed by atoms with Gasteiger partial charge in [0.25, 0.3) is 5.91 Å². The molecule has 1 aliphatic rings. The Bertz CT molecular complexity index is 445. The molecule has 1 aromatic carbocycles. The van der Waals surface area contributed by atoms with Crippen molar-refractivity contribution in [3.05, 3.63) is 34.3 Å². The van der Waals surface area contributed by atoms with Gasteiger partial charge in [-0.15, -0.1) is 0 Å². The third-order valence-corrected chi connectivity index (χ3v) is 3.33. The Balaban J connectivity index is 2.10. The number of hydrogen-bond acceptors (Lipinski definition) is 2. The van der Waals surface area contributed by atoms with E-state index in [4.69, 9.17) is 5.26 Å². The van der Waals surface area contributed by atoms with E-state index in [-0.39, 0.29) is 5.91 Å². The molecule has 0 saturated heterocycles. The standard InChI is InChI=1S/C13H13BrN2O/c14-11-4-2-10(3-5-11)13(17)16(9-1-8-15)12-6-7-12/h2-5,12H,1,6-7,9H2. The Morgan fingerprint density at radius 1 is 1.41 bits per heavy atom. The van der Waals surface area contributed by atoms with Gasteiger partial charge in [-0.05, 0) is 37.1 Å². The summed E-state index contributed by atoms with van der Waals surface area (Å²) >= 11 is 3.35. The fourth-order valence-corrected chi connectivity index (χ4v) is 2.03. The van der Waals surface area contributed by atoms with Crippen LogP contribution in [-0.2, 0) is 0 Å². The van der Waals surface area contributed by atoms with Crippen molar-refractivity contribution in [2.45, 2.75) is 25.3 Å². The molecule has 1 aliphatic carbocycles. The minimum atomic E-state index is 0.0373. The summed E-state index contributed by atoms with van der Waals surface area (Å²) in [6.07, 6.45) is 2.53. The molecule has 0 aromatic heterocycles. The van der Waals surface area contributed by atoms with Crippen molar-refractivity contribution in [1.82, 2.24) is 4.90 Å². The van der Waals surface area contributed by atoms with Crippen LogP contribution < -0.4 is 0 Å². The maximum Gasteiger partial charge on any atom is 0.254 e. The SMILES string of the molecule is N#CCCN(C(=O)c1ccc(Br)cc1)C1CC1. The zero-order valence-corrected chi connectivity index (χ0v) is 11.0. The predicted molar refractivity (Wildman–Crippen MR) is 68.4 cm³/mol. The van der Waals surface area contributed by atoms with Gasteiger partial charge in [-0.2, -0.15) is 5.26 Å². The number of amides is 1. The van der Waals surface area contributed by atoms with E-state index in [0.29, 0.717) is 24.6 Å². The van der Waals surface area contributed by atoms with Gasteiger partial charge in [0.15, 0.2) is 0 Å². The first-order chi connectivity index (χ1) is 8.22. The number of nitriles is 1. The van der Waals surface area contributed by atoms with Gasteiger partial charge in [0, 0.05) is 22.6 Å². The van der Waals surface area contributed by atoms with Gasteiger partial charge in [0.2, 0.25) is 0 Å². The van der Waals surface area contributed by atoms with Crippen molar-refractivity contribution in [1.29, 1.82) is 5.26 Å². The highest BCUT2D eigenvalue weighted by Gasteiger charge is 2.32. The van der Waals surface area contributed by atoms with Crippen molar-refractivity contribution >= 4 is 21.8 Å². The van der Waals surface area contributed by atoms with E-state index in [2.05, 4.69) is 22.0 Å². The van der Waals surface area contributed by atoms with Crippen LogP contribution in [0.3, 0.4) is 0 Å². The summed E-state index contributed by atoms with van der Waals surface area (Å²) in [4.78, 5) is 14.1. The Morgan fingerprint density at radius 2 is 2.06 bits per heavy atom. The molecule has 2 rings (SSSR count). The molecule has 1 fully saturated rings.